The fourth-order valence-corrected chi connectivity index (χ4v) is 1.46. The van der Waals surface area contributed by atoms with Crippen LogP contribution >= 0.6 is 0 Å². The highest BCUT2D eigenvalue weighted by Gasteiger charge is 2.21. The van der Waals surface area contributed by atoms with E-state index in [-0.39, 0.29) is 5.57 Å². The Morgan fingerprint density at radius 2 is 1.78 bits per heavy atom. The molecule has 96 valence electrons. The molecule has 0 bridgehead atoms. The number of hydrogen-bond donors (Lipinski definition) is 0. The number of aryl methyl sites for hydroxylation is 2. The number of methoxy groups -OCH3 is 2. The molecule has 0 N–H and O–H groups in total. The maximum atomic E-state index is 12.1. The Labute approximate surface area is 106 Å². The van der Waals surface area contributed by atoms with E-state index in [1.54, 1.807) is 12.1 Å². The number of ether oxygens (including phenoxy) is 2. The van der Waals surface area contributed by atoms with Crippen LogP contribution < -0.4 is 0 Å². The molecule has 18 heavy (non-hydrogen) atoms. The lowest BCUT2D eigenvalue weighted by Gasteiger charge is -2.06. The highest BCUT2D eigenvalue weighted by atomic mass is 16.5. The van der Waals surface area contributed by atoms with E-state index < -0.39 is 11.8 Å². The molecule has 0 amide bonds. The second kappa shape index (κ2) is 6.00. The van der Waals surface area contributed by atoms with E-state index in [0.717, 1.165) is 17.4 Å². The molecular formula is C14H16O4. The van der Waals surface area contributed by atoms with Gasteiger partial charge in [0, 0.05) is 5.56 Å². The first kappa shape index (κ1) is 14.0. The Morgan fingerprint density at radius 3 is 2.28 bits per heavy atom. The summed E-state index contributed by atoms with van der Waals surface area (Å²) in [4.78, 5) is 23.6. The molecule has 0 spiro atoms. The van der Waals surface area contributed by atoms with E-state index in [1.807, 2.05) is 19.9 Å². The van der Waals surface area contributed by atoms with Crippen molar-refractivity contribution in [2.24, 2.45) is 0 Å². The van der Waals surface area contributed by atoms with Crippen LogP contribution in [0.5, 0.6) is 0 Å². The topological polar surface area (TPSA) is 52.6 Å². The van der Waals surface area contributed by atoms with Gasteiger partial charge in [0.25, 0.3) is 0 Å². The van der Waals surface area contributed by atoms with Gasteiger partial charge in [-0.05, 0) is 31.0 Å². The first-order chi connectivity index (χ1) is 8.51. The average molecular weight is 248 g/mol. The Hall–Kier alpha value is -2.10. The molecule has 0 saturated heterocycles. The molecule has 1 rings (SSSR count). The van der Waals surface area contributed by atoms with Crippen LogP contribution in [0, 0.1) is 13.8 Å². The summed E-state index contributed by atoms with van der Waals surface area (Å²) in [5.41, 5.74) is 2.39. The fraction of sp³-hybridized carbons (Fsp3) is 0.286. The number of Topliss-reactive ketones (excluding diaryl/α,β-unsaturated/α-hetero) is 1. The van der Waals surface area contributed by atoms with E-state index in [9.17, 15) is 9.59 Å². The van der Waals surface area contributed by atoms with Gasteiger partial charge < -0.3 is 9.47 Å². The minimum atomic E-state index is -0.708. The molecule has 1 aromatic rings. The molecular weight excluding hydrogens is 232 g/mol. The monoisotopic (exact) mass is 248 g/mol. The molecule has 4 nitrogen and oxygen atoms in total. The molecule has 0 fully saturated rings. The summed E-state index contributed by atoms with van der Waals surface area (Å²) >= 11 is 0. The van der Waals surface area contributed by atoms with Gasteiger partial charge in [-0.2, -0.15) is 0 Å². The number of carbonyl (C=O) groups excluding carboxylic acids is 2. The van der Waals surface area contributed by atoms with Crippen LogP contribution in [0.4, 0.5) is 0 Å². The molecule has 0 aliphatic carbocycles. The van der Waals surface area contributed by atoms with Gasteiger partial charge in [-0.15, -0.1) is 0 Å². The van der Waals surface area contributed by atoms with Crippen molar-refractivity contribution >= 4 is 11.8 Å². The summed E-state index contributed by atoms with van der Waals surface area (Å²) < 4.78 is 9.29. The number of hydrogen-bond acceptors (Lipinski definition) is 4. The van der Waals surface area contributed by atoms with Crippen molar-refractivity contribution in [3.63, 3.8) is 0 Å². The van der Waals surface area contributed by atoms with Crippen molar-refractivity contribution in [2.45, 2.75) is 13.8 Å². The maximum Gasteiger partial charge on any atom is 0.345 e. The molecule has 1 aromatic carbocycles. The summed E-state index contributed by atoms with van der Waals surface area (Å²) in [5, 5.41) is 0. The van der Waals surface area contributed by atoms with Gasteiger partial charge in [-0.3, -0.25) is 4.79 Å². The zero-order chi connectivity index (χ0) is 13.7. The van der Waals surface area contributed by atoms with Crippen LogP contribution in [0.1, 0.15) is 21.5 Å². The quantitative estimate of drug-likeness (QED) is 0.205. The highest BCUT2D eigenvalue weighted by Crippen LogP contribution is 2.14. The second-order valence-electron chi connectivity index (χ2n) is 3.89. The van der Waals surface area contributed by atoms with Crippen LogP contribution in [0.25, 0.3) is 0 Å². The minimum absolute atomic E-state index is 0.122. The SMILES string of the molecule is COC=C(C(=O)OC)C(=O)c1ccc(C)c(C)c1. The van der Waals surface area contributed by atoms with E-state index in [4.69, 9.17) is 4.74 Å². The van der Waals surface area contributed by atoms with Crippen molar-refractivity contribution in [1.82, 2.24) is 0 Å². The first-order valence-electron chi connectivity index (χ1n) is 5.44. The fourth-order valence-electron chi connectivity index (χ4n) is 1.46. The van der Waals surface area contributed by atoms with Crippen LogP contribution in [0.3, 0.4) is 0 Å². The van der Waals surface area contributed by atoms with Crippen LogP contribution in [-0.2, 0) is 14.3 Å². The molecule has 0 saturated carbocycles. The van der Waals surface area contributed by atoms with Gasteiger partial charge in [0.2, 0.25) is 5.78 Å². The zero-order valence-electron chi connectivity index (χ0n) is 10.9. The summed E-state index contributed by atoms with van der Waals surface area (Å²) in [6, 6.07) is 5.26. The van der Waals surface area contributed by atoms with Crippen LogP contribution in [0.2, 0.25) is 0 Å². The lowest BCUT2D eigenvalue weighted by atomic mass is 10.00. The predicted molar refractivity (Wildman–Crippen MR) is 67.4 cm³/mol. The van der Waals surface area contributed by atoms with Crippen molar-refractivity contribution in [3.8, 4) is 0 Å². The molecule has 0 radical (unpaired) electrons. The molecule has 0 aromatic heterocycles. The zero-order valence-corrected chi connectivity index (χ0v) is 10.9. The Balaban J connectivity index is 3.14. The lowest BCUT2D eigenvalue weighted by Crippen LogP contribution is -2.15. The van der Waals surface area contributed by atoms with Gasteiger partial charge in [0.1, 0.15) is 11.8 Å². The minimum Gasteiger partial charge on any atom is -0.503 e. The van der Waals surface area contributed by atoms with E-state index >= 15 is 0 Å². The normalized spacial score (nSPS) is 11.0. The van der Waals surface area contributed by atoms with Gasteiger partial charge in [-0.25, -0.2) is 4.79 Å². The van der Waals surface area contributed by atoms with Crippen molar-refractivity contribution in [1.29, 1.82) is 0 Å². The Kier molecular flexibility index (Phi) is 4.66. The van der Waals surface area contributed by atoms with Gasteiger partial charge >= 0.3 is 5.97 Å². The van der Waals surface area contributed by atoms with Crippen molar-refractivity contribution in [2.75, 3.05) is 14.2 Å². The number of esters is 1. The molecule has 0 atom stereocenters. The van der Waals surface area contributed by atoms with Gasteiger partial charge in [-0.1, -0.05) is 12.1 Å². The number of carbonyl (C=O) groups is 2. The summed E-state index contributed by atoms with van der Waals surface area (Å²) in [7, 11) is 2.59. The number of rotatable bonds is 4. The van der Waals surface area contributed by atoms with Crippen LogP contribution in [-0.4, -0.2) is 26.0 Å². The third kappa shape index (κ3) is 2.97. The average Bonchev–Trinajstić information content (AvgIpc) is 2.37. The molecule has 4 heteroatoms. The second-order valence-corrected chi connectivity index (χ2v) is 3.89. The van der Waals surface area contributed by atoms with Crippen molar-refractivity contribution < 1.29 is 19.1 Å². The van der Waals surface area contributed by atoms with E-state index in [1.165, 1.54) is 14.2 Å². The molecule has 0 aliphatic heterocycles. The van der Waals surface area contributed by atoms with E-state index in [0.29, 0.717) is 5.56 Å². The summed E-state index contributed by atoms with van der Waals surface area (Å²) in [5.74, 6) is -1.12. The van der Waals surface area contributed by atoms with Gasteiger partial charge in [0.15, 0.2) is 0 Å². The first-order valence-corrected chi connectivity index (χ1v) is 5.44. The Bertz CT molecular complexity index is 501. The summed E-state index contributed by atoms with van der Waals surface area (Å²) in [6.07, 6.45) is 1.10. The largest absolute Gasteiger partial charge is 0.503 e. The van der Waals surface area contributed by atoms with Crippen LogP contribution in [0.15, 0.2) is 30.0 Å². The lowest BCUT2D eigenvalue weighted by molar-refractivity contribution is -0.135. The predicted octanol–water partition coefficient (Wildman–Crippen LogP) is 2.19. The standard InChI is InChI=1S/C14H16O4/c1-9-5-6-11(7-10(9)2)13(15)12(8-17-3)14(16)18-4/h5-8H,1-4H3. The van der Waals surface area contributed by atoms with Crippen molar-refractivity contribution in [3.05, 3.63) is 46.7 Å². The number of benzene rings is 1. The van der Waals surface area contributed by atoms with Gasteiger partial charge in [0.05, 0.1) is 14.2 Å². The molecule has 0 aliphatic rings. The maximum absolute atomic E-state index is 12.1. The molecule has 0 heterocycles. The highest BCUT2D eigenvalue weighted by molar-refractivity contribution is 6.24. The smallest absolute Gasteiger partial charge is 0.345 e. The Morgan fingerprint density at radius 1 is 1.11 bits per heavy atom. The van der Waals surface area contributed by atoms with E-state index in [2.05, 4.69) is 4.74 Å². The third-order valence-electron chi connectivity index (χ3n) is 2.65. The summed E-state index contributed by atoms with van der Waals surface area (Å²) in [6.45, 7) is 3.86. The number of ketones is 1. The molecule has 0 unspecified atom stereocenters. The third-order valence-corrected chi connectivity index (χ3v) is 2.65.